The molecule has 0 saturated carbocycles. The smallest absolute Gasteiger partial charge is 0.375 e. The summed E-state index contributed by atoms with van der Waals surface area (Å²) in [5, 5.41) is 6.77. The fourth-order valence-electron chi connectivity index (χ4n) is 5.12. The highest BCUT2D eigenvalue weighted by atomic mass is 32.2. The maximum Gasteiger partial charge on any atom is 0.420 e. The molecule has 7 nitrogen and oxygen atoms in total. The van der Waals surface area contributed by atoms with Gasteiger partial charge in [-0.3, -0.25) is 0 Å². The van der Waals surface area contributed by atoms with E-state index in [0.29, 0.717) is 42.3 Å². The number of nitrogens with zero attached hydrogens (tertiary/aromatic N) is 4. The van der Waals surface area contributed by atoms with Crippen LogP contribution in [0.2, 0.25) is 0 Å². The van der Waals surface area contributed by atoms with Gasteiger partial charge in [0, 0.05) is 46.9 Å². The topological polar surface area (TPSA) is 75.2 Å². The summed E-state index contributed by atoms with van der Waals surface area (Å²) in [6.07, 6.45) is -0.665. The Balaban J connectivity index is 1.30. The second-order valence-corrected chi connectivity index (χ2v) is 11.7. The molecule has 3 aliphatic heterocycles. The number of anilines is 3. The van der Waals surface area contributed by atoms with Crippen molar-refractivity contribution >= 4 is 40.6 Å². The molecular weight excluding hydrogens is 521 g/mol. The Morgan fingerprint density at radius 2 is 2.00 bits per heavy atom. The van der Waals surface area contributed by atoms with Gasteiger partial charge < -0.3 is 20.3 Å². The first-order chi connectivity index (χ1) is 17.9. The highest BCUT2D eigenvalue weighted by molar-refractivity contribution is 7.99. The quantitative estimate of drug-likeness (QED) is 0.434. The predicted molar refractivity (Wildman–Crippen MR) is 140 cm³/mol. The van der Waals surface area contributed by atoms with Crippen molar-refractivity contribution in [3.05, 3.63) is 40.5 Å². The monoisotopic (exact) mass is 548 g/mol. The van der Waals surface area contributed by atoms with Crippen LogP contribution in [-0.4, -0.2) is 52.5 Å². The van der Waals surface area contributed by atoms with Crippen LogP contribution in [0.15, 0.2) is 29.3 Å². The molecule has 0 aliphatic carbocycles. The fraction of sp³-hybridized carbons (Fsp3) is 0.480. The van der Waals surface area contributed by atoms with Gasteiger partial charge in [0.05, 0.1) is 35.2 Å². The molecule has 0 aromatic carbocycles. The van der Waals surface area contributed by atoms with E-state index < -0.39 is 11.7 Å². The minimum absolute atomic E-state index is 0.111. The van der Waals surface area contributed by atoms with Crippen LogP contribution in [-0.2, 0) is 23.9 Å². The number of rotatable bonds is 5. The van der Waals surface area contributed by atoms with Gasteiger partial charge >= 0.3 is 6.18 Å². The fourth-order valence-corrected chi connectivity index (χ4v) is 7.33. The molecule has 2 bridgehead atoms. The van der Waals surface area contributed by atoms with Gasteiger partial charge in [-0.1, -0.05) is 6.92 Å². The van der Waals surface area contributed by atoms with Crippen LogP contribution in [0.5, 0.6) is 0 Å². The molecule has 2 atom stereocenters. The van der Waals surface area contributed by atoms with Crippen LogP contribution in [0.3, 0.4) is 0 Å². The number of hydrogen-bond acceptors (Lipinski definition) is 9. The van der Waals surface area contributed by atoms with E-state index in [1.54, 1.807) is 17.8 Å². The van der Waals surface area contributed by atoms with E-state index in [-0.39, 0.29) is 11.6 Å². The summed E-state index contributed by atoms with van der Waals surface area (Å²) in [6.45, 7) is 4.89. The molecule has 12 heteroatoms. The van der Waals surface area contributed by atoms with Gasteiger partial charge in [0.25, 0.3) is 0 Å². The largest absolute Gasteiger partial charge is 0.420 e. The van der Waals surface area contributed by atoms with Crippen molar-refractivity contribution in [3.8, 4) is 10.6 Å². The van der Waals surface area contributed by atoms with Crippen LogP contribution in [0.1, 0.15) is 35.9 Å². The zero-order chi connectivity index (χ0) is 25.6. The molecule has 2 N–H and O–H groups in total. The van der Waals surface area contributed by atoms with E-state index in [1.165, 1.54) is 24.2 Å². The average Bonchev–Trinajstić information content (AvgIpc) is 3.37. The Hall–Kier alpha value is -2.41. The normalized spacial score (nSPS) is 21.6. The summed E-state index contributed by atoms with van der Waals surface area (Å²) >= 11 is 2.89. The zero-order valence-corrected chi connectivity index (χ0v) is 21.9. The molecular formula is C25H27F3N6OS2. The Labute approximate surface area is 221 Å². The molecule has 6 heterocycles. The molecule has 3 aliphatic rings. The Kier molecular flexibility index (Phi) is 6.76. The van der Waals surface area contributed by atoms with E-state index in [1.807, 2.05) is 19.1 Å². The van der Waals surface area contributed by atoms with Crippen LogP contribution in [0.25, 0.3) is 10.6 Å². The molecule has 2 fully saturated rings. The summed E-state index contributed by atoms with van der Waals surface area (Å²) in [6, 6.07) is 6.67. The molecule has 0 radical (unpaired) electrons. The van der Waals surface area contributed by atoms with Crippen molar-refractivity contribution in [1.29, 1.82) is 0 Å². The molecule has 3 aromatic heterocycles. The number of thioether (sulfide) groups is 1. The Morgan fingerprint density at radius 1 is 1.19 bits per heavy atom. The van der Waals surface area contributed by atoms with E-state index in [2.05, 4.69) is 25.5 Å². The maximum atomic E-state index is 13.9. The number of halogens is 3. The van der Waals surface area contributed by atoms with Gasteiger partial charge in [-0.05, 0) is 37.5 Å². The first-order valence-corrected chi connectivity index (χ1v) is 14.2. The highest BCUT2D eigenvalue weighted by Crippen LogP contribution is 2.43. The number of ether oxygens (including phenoxy) is 1. The third-order valence-electron chi connectivity index (χ3n) is 6.90. The molecule has 0 spiro atoms. The zero-order valence-electron chi connectivity index (χ0n) is 20.3. The Bertz CT molecular complexity index is 1260. The predicted octanol–water partition coefficient (Wildman–Crippen LogP) is 5.49. The number of thiophene rings is 1. The third kappa shape index (κ3) is 5.16. The van der Waals surface area contributed by atoms with Crippen LogP contribution in [0.4, 0.5) is 30.6 Å². The maximum absolute atomic E-state index is 13.9. The lowest BCUT2D eigenvalue weighted by atomic mass is 10.2. The summed E-state index contributed by atoms with van der Waals surface area (Å²) in [4.78, 5) is 17.9. The first kappa shape index (κ1) is 24.9. The number of fused-ring (bicyclic) bond motifs is 3. The molecule has 6 rings (SSSR count). The summed E-state index contributed by atoms with van der Waals surface area (Å²) in [7, 11) is 0. The van der Waals surface area contributed by atoms with Gasteiger partial charge in [0.2, 0.25) is 5.95 Å². The van der Waals surface area contributed by atoms with Crippen LogP contribution >= 0.6 is 23.1 Å². The van der Waals surface area contributed by atoms with Crippen molar-refractivity contribution in [2.75, 3.05) is 35.7 Å². The lowest BCUT2D eigenvalue weighted by Crippen LogP contribution is -2.51. The number of hydrogen-bond donors (Lipinski definition) is 2. The van der Waals surface area contributed by atoms with Crippen molar-refractivity contribution in [2.45, 2.75) is 55.9 Å². The van der Waals surface area contributed by atoms with Gasteiger partial charge in [-0.15, -0.1) is 23.1 Å². The van der Waals surface area contributed by atoms with Crippen molar-refractivity contribution in [3.63, 3.8) is 0 Å². The lowest BCUT2D eigenvalue weighted by Gasteiger charge is -2.34. The van der Waals surface area contributed by atoms with Crippen LogP contribution < -0.4 is 15.5 Å². The van der Waals surface area contributed by atoms with E-state index >= 15 is 0 Å². The van der Waals surface area contributed by atoms with Crippen LogP contribution in [0, 0.1) is 0 Å². The molecule has 3 aromatic rings. The van der Waals surface area contributed by atoms with E-state index in [9.17, 15) is 13.2 Å². The van der Waals surface area contributed by atoms with Gasteiger partial charge in [0.1, 0.15) is 11.4 Å². The van der Waals surface area contributed by atoms with Gasteiger partial charge in [-0.25, -0.2) is 15.0 Å². The van der Waals surface area contributed by atoms with Gasteiger partial charge in [-0.2, -0.15) is 13.2 Å². The number of pyridine rings is 1. The summed E-state index contributed by atoms with van der Waals surface area (Å²) in [5.41, 5.74) is 0.547. The first-order valence-electron chi connectivity index (χ1n) is 12.4. The van der Waals surface area contributed by atoms with E-state index in [0.717, 1.165) is 46.3 Å². The van der Waals surface area contributed by atoms with Gasteiger partial charge in [0.15, 0.2) is 0 Å². The second kappa shape index (κ2) is 10.0. The lowest BCUT2D eigenvalue weighted by molar-refractivity contribution is -0.137. The molecule has 37 heavy (non-hydrogen) atoms. The number of nitrogens with one attached hydrogen (secondary N) is 2. The minimum atomic E-state index is -4.57. The SMILES string of the molecule is CCc1nc(N2CC3CCC(C2)N3)ccc1Nc1ncc(C(F)(F)F)c(-c2cc3c(s2)COCCS3)n1. The Morgan fingerprint density at radius 3 is 2.76 bits per heavy atom. The third-order valence-corrected chi connectivity index (χ3v) is 9.19. The second-order valence-electron chi connectivity index (χ2n) is 9.44. The number of alkyl halides is 3. The molecule has 196 valence electrons. The number of piperazine rings is 1. The number of aromatic nitrogens is 3. The minimum Gasteiger partial charge on any atom is -0.375 e. The molecule has 0 amide bonds. The molecule has 2 unspecified atom stereocenters. The van der Waals surface area contributed by atoms with Crippen molar-refractivity contribution < 1.29 is 17.9 Å². The van der Waals surface area contributed by atoms with E-state index in [4.69, 9.17) is 9.72 Å². The number of aryl methyl sites for hydroxylation is 1. The standard InChI is InChI=1S/C25H27F3N6OS2/c1-2-17-18(5-6-22(31-17)34-11-14-3-4-15(12-34)30-14)32-24-29-10-16(25(26,27)28)23(33-24)20-9-19-21(37-20)13-35-7-8-36-19/h5-6,9-10,14-15,30H,2-4,7-8,11-13H2,1H3,(H,29,32,33). The van der Waals surface area contributed by atoms with Crippen molar-refractivity contribution in [2.24, 2.45) is 0 Å². The van der Waals surface area contributed by atoms with Crippen molar-refractivity contribution in [1.82, 2.24) is 20.3 Å². The highest BCUT2D eigenvalue weighted by Gasteiger charge is 2.36. The molecule has 2 saturated heterocycles. The summed E-state index contributed by atoms with van der Waals surface area (Å²) in [5.74, 6) is 1.80. The summed E-state index contributed by atoms with van der Waals surface area (Å²) < 4.78 is 47.3. The average molecular weight is 549 g/mol.